The van der Waals surface area contributed by atoms with E-state index in [-0.39, 0.29) is 4.90 Å². The first kappa shape index (κ1) is 16.4. The normalized spacial score (nSPS) is 11.6. The van der Waals surface area contributed by atoms with Gasteiger partial charge in [0.05, 0.1) is 0 Å². The minimum Gasteiger partial charge on any atom is -0.379 e. The molecule has 26 heavy (non-hydrogen) atoms. The molecule has 5 heteroatoms. The van der Waals surface area contributed by atoms with Gasteiger partial charge in [0, 0.05) is 22.7 Å². The largest absolute Gasteiger partial charge is 0.379 e. The molecule has 0 unspecified atom stereocenters. The Morgan fingerprint density at radius 3 is 2.38 bits per heavy atom. The van der Waals surface area contributed by atoms with Gasteiger partial charge in [-0.3, -0.25) is 0 Å². The van der Waals surface area contributed by atoms with Crippen molar-refractivity contribution in [2.24, 2.45) is 0 Å². The Morgan fingerprint density at radius 2 is 1.58 bits per heavy atom. The lowest BCUT2D eigenvalue weighted by Gasteiger charge is -2.10. The summed E-state index contributed by atoms with van der Waals surface area (Å²) in [6, 6.07) is 21.5. The molecule has 3 aromatic carbocycles. The van der Waals surface area contributed by atoms with E-state index in [1.54, 1.807) is 48.5 Å². The molecule has 0 spiro atoms. The van der Waals surface area contributed by atoms with Gasteiger partial charge in [-0.25, -0.2) is 0 Å². The molecular formula is C21H17NO3S. The topological polar surface area (TPSA) is 59.2 Å². The van der Waals surface area contributed by atoms with Crippen molar-refractivity contribution in [2.75, 3.05) is 0 Å². The van der Waals surface area contributed by atoms with Crippen LogP contribution in [0.2, 0.25) is 0 Å². The molecule has 1 aromatic heterocycles. The van der Waals surface area contributed by atoms with Crippen molar-refractivity contribution in [2.45, 2.75) is 11.8 Å². The second kappa shape index (κ2) is 6.35. The molecule has 4 aromatic rings. The summed E-state index contributed by atoms with van der Waals surface area (Å²) in [5.74, 6) is 0.293. The van der Waals surface area contributed by atoms with Gasteiger partial charge < -0.3 is 9.17 Å². The van der Waals surface area contributed by atoms with Crippen LogP contribution >= 0.6 is 0 Å². The maximum absolute atomic E-state index is 12.7. The van der Waals surface area contributed by atoms with E-state index in [2.05, 4.69) is 4.98 Å². The van der Waals surface area contributed by atoms with Crippen molar-refractivity contribution in [1.82, 2.24) is 4.98 Å². The van der Waals surface area contributed by atoms with Crippen LogP contribution in [0.5, 0.6) is 5.75 Å². The molecule has 0 bridgehead atoms. The second-order valence-electron chi connectivity index (χ2n) is 6.08. The average molecular weight is 363 g/mol. The molecule has 1 N–H and O–H groups in total. The highest BCUT2D eigenvalue weighted by Gasteiger charge is 2.19. The van der Waals surface area contributed by atoms with E-state index in [1.165, 1.54) is 0 Å². The van der Waals surface area contributed by atoms with Gasteiger partial charge in [-0.1, -0.05) is 42.5 Å². The van der Waals surface area contributed by atoms with Gasteiger partial charge in [0.1, 0.15) is 10.6 Å². The number of H-pyrrole nitrogens is 1. The van der Waals surface area contributed by atoms with E-state index in [1.807, 2.05) is 37.4 Å². The first-order valence-corrected chi connectivity index (χ1v) is 9.62. The second-order valence-corrected chi connectivity index (χ2v) is 7.62. The molecule has 0 atom stereocenters. The van der Waals surface area contributed by atoms with Crippen molar-refractivity contribution in [3.63, 3.8) is 0 Å². The maximum atomic E-state index is 12.7. The number of aromatic amines is 1. The molecule has 4 rings (SSSR count). The van der Waals surface area contributed by atoms with Gasteiger partial charge >= 0.3 is 10.1 Å². The smallest absolute Gasteiger partial charge is 0.339 e. The van der Waals surface area contributed by atoms with Crippen LogP contribution in [0.3, 0.4) is 0 Å². The van der Waals surface area contributed by atoms with Crippen LogP contribution in [0, 0.1) is 6.92 Å². The van der Waals surface area contributed by atoms with Crippen LogP contribution in [0.1, 0.15) is 5.56 Å². The van der Waals surface area contributed by atoms with E-state index in [9.17, 15) is 8.42 Å². The fourth-order valence-corrected chi connectivity index (χ4v) is 3.95. The lowest BCUT2D eigenvalue weighted by molar-refractivity contribution is 0.486. The van der Waals surface area contributed by atoms with Crippen molar-refractivity contribution in [3.8, 4) is 16.9 Å². The summed E-state index contributed by atoms with van der Waals surface area (Å²) in [4.78, 5) is 3.36. The highest BCUT2D eigenvalue weighted by atomic mass is 32.2. The van der Waals surface area contributed by atoms with Gasteiger partial charge in [0.25, 0.3) is 0 Å². The van der Waals surface area contributed by atoms with Gasteiger partial charge in [0.2, 0.25) is 0 Å². The summed E-state index contributed by atoms with van der Waals surface area (Å²) < 4.78 is 30.6. The summed E-state index contributed by atoms with van der Waals surface area (Å²) in [5, 5.41) is 1.05. The van der Waals surface area contributed by atoms with E-state index in [0.717, 1.165) is 27.6 Å². The molecule has 0 aliphatic rings. The third-order valence-electron chi connectivity index (χ3n) is 4.33. The number of aromatic nitrogens is 1. The number of aryl methyl sites for hydroxylation is 1. The number of benzene rings is 3. The van der Waals surface area contributed by atoms with E-state index in [4.69, 9.17) is 4.18 Å². The predicted molar refractivity (Wildman–Crippen MR) is 103 cm³/mol. The van der Waals surface area contributed by atoms with Gasteiger partial charge in [-0.05, 0) is 48.4 Å². The molecular weight excluding hydrogens is 346 g/mol. The molecule has 130 valence electrons. The standard InChI is InChI=1S/C21H17NO3S/c1-15-11-12-17(26(23,24)25-16-7-3-2-4-8-16)13-19(15)20-14-22-21-10-6-5-9-18(20)21/h2-14,22H,1H3. The number of hydrogen-bond acceptors (Lipinski definition) is 3. The van der Waals surface area contributed by atoms with E-state index >= 15 is 0 Å². The first-order valence-electron chi connectivity index (χ1n) is 8.21. The zero-order valence-electron chi connectivity index (χ0n) is 14.1. The van der Waals surface area contributed by atoms with Crippen LogP contribution in [-0.2, 0) is 10.1 Å². The number of hydrogen-bond donors (Lipinski definition) is 1. The Morgan fingerprint density at radius 1 is 0.846 bits per heavy atom. The molecule has 0 saturated heterocycles. The molecule has 0 amide bonds. The summed E-state index contributed by atoms with van der Waals surface area (Å²) in [5.41, 5.74) is 3.83. The van der Waals surface area contributed by atoms with Crippen LogP contribution < -0.4 is 4.18 Å². The van der Waals surface area contributed by atoms with Crippen molar-refractivity contribution in [3.05, 3.63) is 84.6 Å². The SMILES string of the molecule is Cc1ccc(S(=O)(=O)Oc2ccccc2)cc1-c1c[nH]c2ccccc12. The minimum absolute atomic E-state index is 0.132. The average Bonchev–Trinajstić information content (AvgIpc) is 3.06. The zero-order valence-corrected chi connectivity index (χ0v) is 15.0. The summed E-state index contributed by atoms with van der Waals surface area (Å²) in [6.07, 6.45) is 1.90. The van der Waals surface area contributed by atoms with Crippen LogP contribution in [0.4, 0.5) is 0 Å². The van der Waals surface area contributed by atoms with Crippen molar-refractivity contribution < 1.29 is 12.6 Å². The van der Waals surface area contributed by atoms with Crippen LogP contribution in [0.15, 0.2) is 83.9 Å². The fourth-order valence-electron chi connectivity index (χ4n) is 2.99. The molecule has 0 aliphatic carbocycles. The predicted octanol–water partition coefficient (Wildman–Crippen LogP) is 4.91. The van der Waals surface area contributed by atoms with Crippen LogP contribution in [0.25, 0.3) is 22.0 Å². The Balaban J connectivity index is 1.79. The Labute approximate surface area is 152 Å². The summed E-state index contributed by atoms with van der Waals surface area (Å²) in [6.45, 7) is 1.96. The van der Waals surface area contributed by atoms with Gasteiger partial charge in [0.15, 0.2) is 0 Å². The first-order chi connectivity index (χ1) is 12.5. The monoisotopic (exact) mass is 363 g/mol. The quantitative estimate of drug-likeness (QED) is 0.524. The molecule has 4 nitrogen and oxygen atoms in total. The van der Waals surface area contributed by atoms with E-state index < -0.39 is 10.1 Å². The number of para-hydroxylation sites is 2. The number of fused-ring (bicyclic) bond motifs is 1. The Hall–Kier alpha value is -3.05. The lowest BCUT2D eigenvalue weighted by Crippen LogP contribution is -2.10. The van der Waals surface area contributed by atoms with Crippen molar-refractivity contribution in [1.29, 1.82) is 0 Å². The number of rotatable bonds is 4. The lowest BCUT2D eigenvalue weighted by atomic mass is 10.0. The fraction of sp³-hybridized carbons (Fsp3) is 0.0476. The third kappa shape index (κ3) is 2.97. The molecule has 0 saturated carbocycles. The Bertz CT molecular complexity index is 1180. The summed E-state index contributed by atoms with van der Waals surface area (Å²) in [7, 11) is -3.91. The molecule has 1 heterocycles. The Kier molecular flexibility index (Phi) is 4.01. The highest BCUT2D eigenvalue weighted by molar-refractivity contribution is 7.87. The zero-order chi connectivity index (χ0) is 18.1. The van der Waals surface area contributed by atoms with Crippen LogP contribution in [-0.4, -0.2) is 13.4 Å². The minimum atomic E-state index is -3.91. The molecule has 0 aliphatic heterocycles. The van der Waals surface area contributed by atoms with Gasteiger partial charge in [-0.15, -0.1) is 0 Å². The van der Waals surface area contributed by atoms with Gasteiger partial charge in [-0.2, -0.15) is 8.42 Å². The third-order valence-corrected chi connectivity index (χ3v) is 5.57. The maximum Gasteiger partial charge on any atom is 0.339 e. The summed E-state index contributed by atoms with van der Waals surface area (Å²) >= 11 is 0. The molecule has 0 fully saturated rings. The number of nitrogens with one attached hydrogen (secondary N) is 1. The molecule has 0 radical (unpaired) electrons. The van der Waals surface area contributed by atoms with E-state index in [0.29, 0.717) is 5.75 Å². The highest BCUT2D eigenvalue weighted by Crippen LogP contribution is 2.33. The van der Waals surface area contributed by atoms with Crippen molar-refractivity contribution >= 4 is 21.0 Å².